The quantitative estimate of drug-likeness (QED) is 0.183. The first-order chi connectivity index (χ1) is 7.24. The second kappa shape index (κ2) is 5.76. The van der Waals surface area contributed by atoms with Crippen molar-refractivity contribution in [1.82, 2.24) is 20.3 Å². The molecule has 0 atom stereocenters. The van der Waals surface area contributed by atoms with Gasteiger partial charge in [-0.2, -0.15) is 0 Å². The number of aryl methyl sites for hydroxylation is 1. The third kappa shape index (κ3) is 3.77. The maximum absolute atomic E-state index is 10.9. The van der Waals surface area contributed by atoms with E-state index in [0.29, 0.717) is 6.54 Å². The number of carbonyl (C=O) groups is 2. The molecule has 1 rings (SSSR count). The molecule has 2 amide bonds. The molecule has 0 unspecified atom stereocenters. The van der Waals surface area contributed by atoms with Gasteiger partial charge in [-0.1, -0.05) is 0 Å². The van der Waals surface area contributed by atoms with Crippen LogP contribution in [-0.4, -0.2) is 27.9 Å². The van der Waals surface area contributed by atoms with Crippen LogP contribution in [0.2, 0.25) is 0 Å². The zero-order valence-electron chi connectivity index (χ0n) is 8.14. The van der Waals surface area contributed by atoms with Crippen molar-refractivity contribution in [1.29, 1.82) is 0 Å². The zero-order valence-corrected chi connectivity index (χ0v) is 8.14. The van der Waals surface area contributed by atoms with Crippen molar-refractivity contribution in [2.24, 2.45) is 5.84 Å². The number of hydrogen-bond acceptors (Lipinski definition) is 4. The van der Waals surface area contributed by atoms with Crippen LogP contribution in [0.4, 0.5) is 0 Å². The van der Waals surface area contributed by atoms with Gasteiger partial charge in [-0.25, -0.2) is 10.8 Å². The minimum absolute atomic E-state index is 0.421. The first-order valence-electron chi connectivity index (χ1n) is 4.48. The Labute approximate surface area is 86.6 Å². The number of rotatable bonds is 4. The lowest BCUT2D eigenvalue weighted by Gasteiger charge is -2.04. The minimum Gasteiger partial charge on any atom is -0.348 e. The lowest BCUT2D eigenvalue weighted by Crippen LogP contribution is -2.43. The molecule has 1 heterocycles. The van der Waals surface area contributed by atoms with E-state index in [2.05, 4.69) is 10.3 Å². The van der Waals surface area contributed by atoms with Crippen LogP contribution in [0.1, 0.15) is 6.42 Å². The van der Waals surface area contributed by atoms with Crippen LogP contribution < -0.4 is 16.6 Å². The normalized spacial score (nSPS) is 9.67. The third-order valence-electron chi connectivity index (χ3n) is 1.78. The molecule has 0 aromatic carbocycles. The molecule has 4 N–H and O–H groups in total. The molecular formula is C8H13N5O2. The number of nitrogens with zero attached hydrogens (tertiary/aromatic N) is 2. The number of hydrogen-bond donors (Lipinski definition) is 3. The Morgan fingerprint density at radius 1 is 1.40 bits per heavy atom. The molecular weight excluding hydrogens is 198 g/mol. The molecule has 0 spiro atoms. The molecule has 1 aromatic rings. The van der Waals surface area contributed by atoms with Crippen LogP contribution in [0.3, 0.4) is 0 Å². The highest BCUT2D eigenvalue weighted by Gasteiger charge is 2.09. The Bertz CT molecular complexity index is 322. The Morgan fingerprint density at radius 2 is 2.20 bits per heavy atom. The molecule has 0 aliphatic heterocycles. The number of nitrogens with one attached hydrogen (secondary N) is 2. The lowest BCUT2D eigenvalue weighted by atomic mass is 10.4. The Hall–Kier alpha value is -1.89. The average Bonchev–Trinajstić information content (AvgIpc) is 2.75. The Balaban J connectivity index is 2.12. The highest BCUT2D eigenvalue weighted by molar-refractivity contribution is 6.34. The maximum atomic E-state index is 10.9. The van der Waals surface area contributed by atoms with E-state index in [1.165, 1.54) is 0 Å². The smallest absolute Gasteiger partial charge is 0.323 e. The number of hydrazine groups is 1. The Kier molecular flexibility index (Phi) is 4.30. The molecule has 7 nitrogen and oxygen atoms in total. The standard InChI is InChI=1S/C8H13N5O2/c9-12-8(15)7(14)11-2-1-4-13-5-3-10-6-13/h3,5-6H,1-2,4,9H2,(H,11,14)(H,12,15). The summed E-state index contributed by atoms with van der Waals surface area (Å²) in [6.45, 7) is 1.16. The van der Waals surface area contributed by atoms with E-state index in [1.807, 2.05) is 10.8 Å². The number of imidazole rings is 1. The fourth-order valence-electron chi connectivity index (χ4n) is 1.03. The van der Waals surface area contributed by atoms with Crippen LogP contribution in [0.15, 0.2) is 18.7 Å². The third-order valence-corrected chi connectivity index (χ3v) is 1.78. The topological polar surface area (TPSA) is 102 Å². The predicted octanol–water partition coefficient (Wildman–Crippen LogP) is -1.62. The fraction of sp³-hybridized carbons (Fsp3) is 0.375. The lowest BCUT2D eigenvalue weighted by molar-refractivity contribution is -0.139. The van der Waals surface area contributed by atoms with Crippen molar-refractivity contribution in [2.45, 2.75) is 13.0 Å². The van der Waals surface area contributed by atoms with Gasteiger partial charge in [0.25, 0.3) is 0 Å². The van der Waals surface area contributed by atoms with Crippen LogP contribution in [-0.2, 0) is 16.1 Å². The van der Waals surface area contributed by atoms with E-state index >= 15 is 0 Å². The summed E-state index contributed by atoms with van der Waals surface area (Å²) in [6, 6.07) is 0. The van der Waals surface area contributed by atoms with Gasteiger partial charge >= 0.3 is 11.8 Å². The zero-order chi connectivity index (χ0) is 11.1. The van der Waals surface area contributed by atoms with E-state index in [4.69, 9.17) is 5.84 Å². The highest BCUT2D eigenvalue weighted by Crippen LogP contribution is 1.88. The molecule has 7 heteroatoms. The van der Waals surface area contributed by atoms with E-state index < -0.39 is 11.8 Å². The van der Waals surface area contributed by atoms with Crippen molar-refractivity contribution < 1.29 is 9.59 Å². The van der Waals surface area contributed by atoms with Gasteiger partial charge in [0.1, 0.15) is 0 Å². The summed E-state index contributed by atoms with van der Waals surface area (Å²) in [5.41, 5.74) is 1.75. The van der Waals surface area contributed by atoms with Crippen molar-refractivity contribution in [3.05, 3.63) is 18.7 Å². The summed E-state index contributed by atoms with van der Waals surface area (Å²) < 4.78 is 1.88. The summed E-state index contributed by atoms with van der Waals surface area (Å²) in [6.07, 6.45) is 5.92. The van der Waals surface area contributed by atoms with Gasteiger partial charge in [-0.3, -0.25) is 15.0 Å². The molecule has 0 fully saturated rings. The van der Waals surface area contributed by atoms with Crippen LogP contribution in [0.25, 0.3) is 0 Å². The van der Waals surface area contributed by atoms with Gasteiger partial charge in [-0.05, 0) is 6.42 Å². The van der Waals surface area contributed by atoms with Crippen LogP contribution >= 0.6 is 0 Å². The molecule has 0 bridgehead atoms. The second-order valence-corrected chi connectivity index (χ2v) is 2.88. The van der Waals surface area contributed by atoms with Crippen molar-refractivity contribution in [3.63, 3.8) is 0 Å². The SMILES string of the molecule is NNC(=O)C(=O)NCCCn1ccnc1. The van der Waals surface area contributed by atoms with E-state index in [9.17, 15) is 9.59 Å². The van der Waals surface area contributed by atoms with Gasteiger partial charge in [-0.15, -0.1) is 0 Å². The van der Waals surface area contributed by atoms with Gasteiger partial charge in [0.05, 0.1) is 6.33 Å². The van der Waals surface area contributed by atoms with Crippen LogP contribution in [0.5, 0.6) is 0 Å². The largest absolute Gasteiger partial charge is 0.348 e. The number of nitrogens with two attached hydrogens (primary N) is 1. The summed E-state index contributed by atoms with van der Waals surface area (Å²) >= 11 is 0. The molecule has 15 heavy (non-hydrogen) atoms. The average molecular weight is 211 g/mol. The van der Waals surface area contributed by atoms with E-state index in [0.717, 1.165) is 13.0 Å². The maximum Gasteiger partial charge on any atom is 0.323 e. The number of carbonyl (C=O) groups excluding carboxylic acids is 2. The molecule has 0 saturated heterocycles. The predicted molar refractivity (Wildman–Crippen MR) is 52.2 cm³/mol. The van der Waals surface area contributed by atoms with Gasteiger partial charge < -0.3 is 9.88 Å². The summed E-state index contributed by atoms with van der Waals surface area (Å²) in [5, 5.41) is 2.43. The summed E-state index contributed by atoms with van der Waals surface area (Å²) in [7, 11) is 0. The summed E-state index contributed by atoms with van der Waals surface area (Å²) in [5.74, 6) is 3.23. The van der Waals surface area contributed by atoms with Crippen molar-refractivity contribution >= 4 is 11.8 Å². The van der Waals surface area contributed by atoms with E-state index in [-0.39, 0.29) is 0 Å². The fourth-order valence-corrected chi connectivity index (χ4v) is 1.03. The first-order valence-corrected chi connectivity index (χ1v) is 4.48. The first kappa shape index (κ1) is 11.2. The molecule has 1 aromatic heterocycles. The van der Waals surface area contributed by atoms with Crippen LogP contribution in [0, 0.1) is 0 Å². The Morgan fingerprint density at radius 3 is 2.80 bits per heavy atom. The highest BCUT2D eigenvalue weighted by atomic mass is 16.2. The molecule has 82 valence electrons. The van der Waals surface area contributed by atoms with Gasteiger partial charge in [0.2, 0.25) is 0 Å². The van der Waals surface area contributed by atoms with Gasteiger partial charge in [0.15, 0.2) is 0 Å². The van der Waals surface area contributed by atoms with Crippen molar-refractivity contribution in [3.8, 4) is 0 Å². The van der Waals surface area contributed by atoms with E-state index in [1.54, 1.807) is 17.9 Å². The summed E-state index contributed by atoms with van der Waals surface area (Å²) in [4.78, 5) is 25.5. The second-order valence-electron chi connectivity index (χ2n) is 2.88. The number of amides is 2. The molecule has 0 radical (unpaired) electrons. The number of aromatic nitrogens is 2. The molecule has 0 aliphatic carbocycles. The van der Waals surface area contributed by atoms with Gasteiger partial charge in [0, 0.05) is 25.5 Å². The van der Waals surface area contributed by atoms with Crippen molar-refractivity contribution in [2.75, 3.05) is 6.54 Å². The monoisotopic (exact) mass is 211 g/mol. The molecule has 0 saturated carbocycles. The molecule has 0 aliphatic rings. The minimum atomic E-state index is -0.836.